The number of hydrogen-bond acceptors (Lipinski definition) is 2. The molecule has 0 spiro atoms. The van der Waals surface area contributed by atoms with Crippen molar-refractivity contribution in [3.63, 3.8) is 0 Å². The summed E-state index contributed by atoms with van der Waals surface area (Å²) >= 11 is 0. The Morgan fingerprint density at radius 2 is 2.12 bits per heavy atom. The first-order valence-electron chi connectivity index (χ1n) is 9.48. The van der Waals surface area contributed by atoms with E-state index in [-0.39, 0.29) is 5.91 Å². The molecule has 136 valence electrons. The monoisotopic (exact) mass is 350 g/mol. The fourth-order valence-electron chi connectivity index (χ4n) is 4.16. The van der Waals surface area contributed by atoms with Crippen LogP contribution in [0.25, 0.3) is 10.9 Å². The van der Waals surface area contributed by atoms with Gasteiger partial charge in [-0.05, 0) is 38.7 Å². The topological polar surface area (TPSA) is 43.1 Å². The lowest BCUT2D eigenvalue weighted by Crippen LogP contribution is -2.44. The first-order valence-corrected chi connectivity index (χ1v) is 9.48. The number of rotatable bonds is 4. The number of hydrogen-bond donors (Lipinski definition) is 0. The molecule has 0 N–H and O–H groups in total. The molecule has 0 saturated carbocycles. The lowest BCUT2D eigenvalue weighted by atomic mass is 9.98. The molecule has 5 nitrogen and oxygen atoms in total. The minimum absolute atomic E-state index is 0.175. The normalized spacial score (nSPS) is 17.8. The Hall–Kier alpha value is -2.56. The number of amides is 1. The smallest absolute Gasteiger partial charge is 0.256 e. The lowest BCUT2D eigenvalue weighted by Gasteiger charge is -2.36. The predicted octanol–water partition coefficient (Wildman–Crippen LogP) is 3.77. The molecule has 0 aliphatic carbocycles. The fraction of sp³-hybridized carbons (Fsp3) is 0.429. The van der Waals surface area contributed by atoms with Crippen molar-refractivity contribution >= 4 is 16.8 Å². The van der Waals surface area contributed by atoms with Gasteiger partial charge < -0.3 is 14.0 Å². The number of aromatic nitrogens is 3. The van der Waals surface area contributed by atoms with Crippen molar-refractivity contribution in [2.45, 2.75) is 45.2 Å². The van der Waals surface area contributed by atoms with Crippen molar-refractivity contribution in [3.05, 3.63) is 54.2 Å². The number of fused-ring (bicyclic) bond motifs is 1. The highest BCUT2D eigenvalue weighted by atomic mass is 16.2. The van der Waals surface area contributed by atoms with Crippen LogP contribution in [0.2, 0.25) is 0 Å². The molecule has 1 aliphatic rings. The number of benzene rings is 1. The van der Waals surface area contributed by atoms with E-state index in [0.717, 1.165) is 54.6 Å². The van der Waals surface area contributed by atoms with E-state index in [2.05, 4.69) is 31.2 Å². The van der Waals surface area contributed by atoms with Crippen LogP contribution in [0, 0.1) is 6.92 Å². The van der Waals surface area contributed by atoms with Crippen molar-refractivity contribution in [2.75, 3.05) is 6.54 Å². The molecule has 1 amide bonds. The highest BCUT2D eigenvalue weighted by Gasteiger charge is 2.29. The van der Waals surface area contributed by atoms with Gasteiger partial charge in [-0.1, -0.05) is 18.2 Å². The van der Waals surface area contributed by atoms with E-state index < -0.39 is 0 Å². The van der Waals surface area contributed by atoms with Gasteiger partial charge in [0.25, 0.3) is 5.91 Å². The van der Waals surface area contributed by atoms with Gasteiger partial charge in [-0.3, -0.25) is 4.79 Å². The van der Waals surface area contributed by atoms with E-state index in [1.54, 1.807) is 0 Å². The van der Waals surface area contributed by atoms with E-state index in [4.69, 9.17) is 0 Å². The highest BCUT2D eigenvalue weighted by molar-refractivity contribution is 6.07. The third-order valence-corrected chi connectivity index (χ3v) is 5.64. The Morgan fingerprint density at radius 1 is 1.27 bits per heavy atom. The zero-order valence-corrected chi connectivity index (χ0v) is 15.6. The molecule has 0 bridgehead atoms. The van der Waals surface area contributed by atoms with Crippen LogP contribution >= 0.6 is 0 Å². The lowest BCUT2D eigenvalue weighted by molar-refractivity contribution is 0.0597. The largest absolute Gasteiger partial charge is 0.350 e. The molecule has 1 saturated heterocycles. The van der Waals surface area contributed by atoms with Crippen LogP contribution in [0.3, 0.4) is 0 Å². The third kappa shape index (κ3) is 3.02. The second-order valence-corrected chi connectivity index (χ2v) is 7.28. The van der Waals surface area contributed by atoms with Crippen LogP contribution in [0.1, 0.15) is 41.9 Å². The first kappa shape index (κ1) is 16.9. The summed E-state index contributed by atoms with van der Waals surface area (Å²) in [4.78, 5) is 19.8. The standard InChI is InChI=1S/C21H26N4O/c1-16-22-11-14-24(16)13-10-17-7-5-6-12-25(17)21(26)19-15-23(2)20-9-4-3-8-18(19)20/h3-4,8-9,11,14-15,17H,5-7,10,12-13H2,1-2H3/t17-/m1/s1. The summed E-state index contributed by atoms with van der Waals surface area (Å²) in [7, 11) is 2.01. The summed E-state index contributed by atoms with van der Waals surface area (Å²) < 4.78 is 4.23. The summed E-state index contributed by atoms with van der Waals surface area (Å²) in [5.41, 5.74) is 1.94. The Bertz CT molecular complexity index is 923. The number of piperidine rings is 1. The van der Waals surface area contributed by atoms with Crippen molar-refractivity contribution in [2.24, 2.45) is 7.05 Å². The van der Waals surface area contributed by atoms with Crippen molar-refractivity contribution in [1.82, 2.24) is 19.0 Å². The summed E-state index contributed by atoms with van der Waals surface area (Å²) in [5.74, 6) is 1.21. The summed E-state index contributed by atoms with van der Waals surface area (Å²) in [5, 5.41) is 1.05. The molecule has 5 heteroatoms. The molecule has 3 heterocycles. The number of likely N-dealkylation sites (tertiary alicyclic amines) is 1. The van der Waals surface area contributed by atoms with E-state index in [1.165, 1.54) is 6.42 Å². The SMILES string of the molecule is Cc1nccn1CC[C@H]1CCCCN1C(=O)c1cn(C)c2ccccc12. The van der Waals surface area contributed by atoms with Gasteiger partial charge in [0.2, 0.25) is 0 Å². The van der Waals surface area contributed by atoms with Gasteiger partial charge in [0.15, 0.2) is 0 Å². The molecule has 26 heavy (non-hydrogen) atoms. The van der Waals surface area contributed by atoms with E-state index >= 15 is 0 Å². The molecule has 0 unspecified atom stereocenters. The molecule has 1 aliphatic heterocycles. The van der Waals surface area contributed by atoms with Crippen LogP contribution < -0.4 is 0 Å². The average molecular weight is 350 g/mol. The maximum atomic E-state index is 13.4. The zero-order chi connectivity index (χ0) is 18.1. The maximum Gasteiger partial charge on any atom is 0.256 e. The van der Waals surface area contributed by atoms with Crippen LogP contribution in [0.5, 0.6) is 0 Å². The van der Waals surface area contributed by atoms with Gasteiger partial charge in [0.05, 0.1) is 5.56 Å². The molecule has 2 aromatic heterocycles. The Morgan fingerprint density at radius 3 is 2.92 bits per heavy atom. The molecular formula is C21H26N4O. The number of carbonyl (C=O) groups excluding carboxylic acids is 1. The predicted molar refractivity (Wildman–Crippen MR) is 103 cm³/mol. The minimum Gasteiger partial charge on any atom is -0.350 e. The van der Waals surface area contributed by atoms with Gasteiger partial charge in [-0.15, -0.1) is 0 Å². The molecule has 0 radical (unpaired) electrons. The molecule has 1 atom stereocenters. The van der Waals surface area contributed by atoms with E-state index in [9.17, 15) is 4.79 Å². The number of imidazole rings is 1. The van der Waals surface area contributed by atoms with Gasteiger partial charge >= 0.3 is 0 Å². The van der Waals surface area contributed by atoms with Crippen molar-refractivity contribution < 1.29 is 4.79 Å². The number of nitrogens with zero attached hydrogens (tertiary/aromatic N) is 4. The Labute approximate surface area is 154 Å². The molecular weight excluding hydrogens is 324 g/mol. The number of carbonyl (C=O) groups is 1. The number of aryl methyl sites for hydroxylation is 3. The van der Waals surface area contributed by atoms with Crippen LogP contribution in [-0.2, 0) is 13.6 Å². The second-order valence-electron chi connectivity index (χ2n) is 7.28. The maximum absolute atomic E-state index is 13.4. The number of para-hydroxylation sites is 1. The van der Waals surface area contributed by atoms with Gasteiger partial charge in [0.1, 0.15) is 5.82 Å². The second kappa shape index (κ2) is 6.98. The van der Waals surface area contributed by atoms with E-state index in [1.807, 2.05) is 44.7 Å². The van der Waals surface area contributed by atoms with Crippen molar-refractivity contribution in [1.29, 1.82) is 0 Å². The van der Waals surface area contributed by atoms with Gasteiger partial charge in [0, 0.05) is 55.7 Å². The Kier molecular flexibility index (Phi) is 4.53. The highest BCUT2D eigenvalue weighted by Crippen LogP contribution is 2.27. The summed E-state index contributed by atoms with van der Waals surface area (Å²) in [6, 6.07) is 8.46. The molecule has 1 aromatic carbocycles. The van der Waals surface area contributed by atoms with Gasteiger partial charge in [-0.2, -0.15) is 0 Å². The molecule has 4 rings (SSSR count). The average Bonchev–Trinajstić information content (AvgIpc) is 3.23. The van der Waals surface area contributed by atoms with Crippen LogP contribution in [-0.4, -0.2) is 37.5 Å². The molecule has 1 fully saturated rings. The molecule has 3 aromatic rings. The third-order valence-electron chi connectivity index (χ3n) is 5.64. The Balaban J connectivity index is 1.57. The van der Waals surface area contributed by atoms with Gasteiger partial charge in [-0.25, -0.2) is 4.98 Å². The summed E-state index contributed by atoms with van der Waals surface area (Å²) in [6.45, 7) is 3.80. The summed E-state index contributed by atoms with van der Waals surface area (Å²) in [6.07, 6.45) is 10.2. The first-order chi connectivity index (χ1) is 12.6. The van der Waals surface area contributed by atoms with Crippen molar-refractivity contribution in [3.8, 4) is 0 Å². The zero-order valence-electron chi connectivity index (χ0n) is 15.6. The van der Waals surface area contributed by atoms with Crippen LogP contribution in [0.4, 0.5) is 0 Å². The quantitative estimate of drug-likeness (QED) is 0.719. The minimum atomic E-state index is 0.175. The fourth-order valence-corrected chi connectivity index (χ4v) is 4.16. The van der Waals surface area contributed by atoms with E-state index in [0.29, 0.717) is 6.04 Å². The van der Waals surface area contributed by atoms with Crippen LogP contribution in [0.15, 0.2) is 42.9 Å².